The van der Waals surface area contributed by atoms with Crippen molar-refractivity contribution >= 4 is 11.7 Å². The first-order valence-electron chi connectivity index (χ1n) is 4.89. The van der Waals surface area contributed by atoms with Crippen molar-refractivity contribution < 1.29 is 13.2 Å². The molecule has 3 N–H and O–H groups in total. The second-order valence-electron chi connectivity index (χ2n) is 3.58. The molecule has 1 aromatic rings. The van der Waals surface area contributed by atoms with Crippen LogP contribution >= 0.6 is 0 Å². The number of nitrogens with one attached hydrogen (secondary N) is 1. The fourth-order valence-electron chi connectivity index (χ4n) is 1.19. The van der Waals surface area contributed by atoms with Gasteiger partial charge in [-0.1, -0.05) is 6.07 Å². The fourth-order valence-corrected chi connectivity index (χ4v) is 1.19. The number of anilines is 1. The lowest BCUT2D eigenvalue weighted by atomic mass is 10.3. The molecule has 0 aromatic carbocycles. The van der Waals surface area contributed by atoms with Gasteiger partial charge in [0.15, 0.2) is 0 Å². The van der Waals surface area contributed by atoms with Crippen LogP contribution < -0.4 is 10.6 Å². The van der Waals surface area contributed by atoms with E-state index >= 15 is 0 Å². The number of nitrogens with zero attached hydrogens (tertiary/aromatic N) is 2. The van der Waals surface area contributed by atoms with Gasteiger partial charge >= 0.3 is 6.18 Å². The summed E-state index contributed by atoms with van der Waals surface area (Å²) in [5, 5.41) is 7.19. The minimum absolute atomic E-state index is 0.183. The van der Waals surface area contributed by atoms with Crippen molar-refractivity contribution in [2.24, 2.45) is 5.73 Å². The van der Waals surface area contributed by atoms with Crippen molar-refractivity contribution in [2.45, 2.75) is 12.6 Å². The molecule has 17 heavy (non-hydrogen) atoms. The van der Waals surface area contributed by atoms with E-state index in [0.717, 1.165) is 0 Å². The lowest BCUT2D eigenvalue weighted by Gasteiger charge is -2.19. The Morgan fingerprint density at radius 2 is 2.12 bits per heavy atom. The highest BCUT2D eigenvalue weighted by Crippen LogP contribution is 2.20. The highest BCUT2D eigenvalue weighted by Gasteiger charge is 2.27. The average molecular weight is 246 g/mol. The molecular weight excluding hydrogens is 233 g/mol. The van der Waals surface area contributed by atoms with Gasteiger partial charge in [0.1, 0.15) is 17.3 Å². The van der Waals surface area contributed by atoms with Gasteiger partial charge < -0.3 is 10.6 Å². The van der Waals surface area contributed by atoms with Crippen molar-refractivity contribution in [1.29, 1.82) is 5.41 Å². The fraction of sp³-hybridized carbons (Fsp3) is 0.400. The van der Waals surface area contributed by atoms with Crippen LogP contribution in [-0.4, -0.2) is 30.6 Å². The van der Waals surface area contributed by atoms with Crippen LogP contribution in [0, 0.1) is 5.41 Å². The Morgan fingerprint density at radius 1 is 1.47 bits per heavy atom. The van der Waals surface area contributed by atoms with E-state index in [1.54, 1.807) is 12.1 Å². The lowest BCUT2D eigenvalue weighted by Crippen LogP contribution is -2.25. The number of nitrogen functional groups attached to an aromatic ring is 1. The molecule has 4 nitrogen and oxygen atoms in total. The van der Waals surface area contributed by atoms with E-state index < -0.39 is 12.6 Å². The summed E-state index contributed by atoms with van der Waals surface area (Å²) in [6.45, 7) is -0.183. The zero-order valence-electron chi connectivity index (χ0n) is 9.25. The molecule has 0 fully saturated rings. The molecule has 0 aliphatic heterocycles. The van der Waals surface area contributed by atoms with Crippen LogP contribution in [0.1, 0.15) is 12.1 Å². The van der Waals surface area contributed by atoms with Crippen LogP contribution in [0.25, 0.3) is 0 Å². The number of rotatable bonds is 4. The van der Waals surface area contributed by atoms with E-state index in [0.29, 0.717) is 5.82 Å². The Balaban J connectivity index is 2.72. The first kappa shape index (κ1) is 13.3. The molecule has 1 rings (SSSR count). The molecular formula is C10H13F3N4. The van der Waals surface area contributed by atoms with Gasteiger partial charge in [-0.05, 0) is 12.1 Å². The van der Waals surface area contributed by atoms with Crippen LogP contribution in [0.5, 0.6) is 0 Å². The molecule has 0 amide bonds. The second-order valence-corrected chi connectivity index (χ2v) is 3.58. The van der Waals surface area contributed by atoms with Crippen LogP contribution in [0.15, 0.2) is 18.2 Å². The van der Waals surface area contributed by atoms with E-state index in [4.69, 9.17) is 11.1 Å². The molecule has 94 valence electrons. The summed E-state index contributed by atoms with van der Waals surface area (Å²) >= 11 is 0. The predicted octanol–water partition coefficient (Wildman–Crippen LogP) is 1.75. The molecule has 0 bridgehead atoms. The van der Waals surface area contributed by atoms with Crippen LogP contribution in [0.2, 0.25) is 0 Å². The number of alkyl halides is 3. The third-order valence-electron chi connectivity index (χ3n) is 2.13. The molecule has 0 atom stereocenters. The Bertz CT molecular complexity index is 403. The van der Waals surface area contributed by atoms with E-state index in [1.807, 2.05) is 0 Å². The normalized spacial score (nSPS) is 11.3. The Kier molecular flexibility index (Phi) is 3.93. The van der Waals surface area contributed by atoms with Crippen LogP contribution in [0.4, 0.5) is 19.0 Å². The zero-order valence-corrected chi connectivity index (χ0v) is 9.25. The second kappa shape index (κ2) is 5.03. The molecule has 0 unspecified atom stereocenters. The summed E-state index contributed by atoms with van der Waals surface area (Å²) in [7, 11) is 1.51. The molecule has 1 aromatic heterocycles. The standard InChI is InChI=1S/C10H13F3N4/c1-17(6-5-10(11,12)13)8-4-2-3-7(16-8)9(14)15/h2-4H,5-6H2,1H3,(H3,14,15). The number of nitrogens with two attached hydrogens (primary N) is 1. The van der Waals surface area contributed by atoms with Crippen molar-refractivity contribution in [2.75, 3.05) is 18.5 Å². The smallest absolute Gasteiger partial charge is 0.382 e. The number of aromatic nitrogens is 1. The maximum atomic E-state index is 12.0. The van der Waals surface area contributed by atoms with Crippen LogP contribution in [0.3, 0.4) is 0 Å². The largest absolute Gasteiger partial charge is 0.390 e. The summed E-state index contributed by atoms with van der Waals surface area (Å²) in [6.07, 6.45) is -5.10. The Hall–Kier alpha value is -1.79. The van der Waals surface area contributed by atoms with Gasteiger partial charge in [0.25, 0.3) is 0 Å². The summed E-state index contributed by atoms with van der Waals surface area (Å²) in [5.41, 5.74) is 5.50. The molecule has 0 spiro atoms. The van der Waals surface area contributed by atoms with Gasteiger partial charge in [0, 0.05) is 13.6 Å². The number of amidine groups is 1. The van der Waals surface area contributed by atoms with Gasteiger partial charge in [-0.2, -0.15) is 13.2 Å². The average Bonchev–Trinajstić information content (AvgIpc) is 2.25. The summed E-state index contributed by atoms with van der Waals surface area (Å²) in [5.74, 6) is 0.151. The quantitative estimate of drug-likeness (QED) is 0.628. The van der Waals surface area contributed by atoms with Crippen molar-refractivity contribution in [3.63, 3.8) is 0 Å². The monoisotopic (exact) mass is 246 g/mol. The topological polar surface area (TPSA) is 66.0 Å². The Labute approximate surface area is 96.8 Å². The minimum atomic E-state index is -4.19. The first-order chi connectivity index (χ1) is 7.79. The van der Waals surface area contributed by atoms with E-state index in [1.165, 1.54) is 18.0 Å². The number of hydrogen-bond donors (Lipinski definition) is 2. The predicted molar refractivity (Wildman–Crippen MR) is 59.2 cm³/mol. The summed E-state index contributed by atoms with van der Waals surface area (Å²) < 4.78 is 36.1. The first-order valence-corrected chi connectivity index (χ1v) is 4.89. The number of pyridine rings is 1. The summed E-state index contributed by atoms with van der Waals surface area (Å²) in [6, 6.07) is 4.70. The maximum absolute atomic E-state index is 12.0. The molecule has 0 aliphatic rings. The SMILES string of the molecule is CN(CCC(F)(F)F)c1cccc(C(=N)N)n1. The zero-order chi connectivity index (χ0) is 13.1. The van der Waals surface area contributed by atoms with E-state index in [2.05, 4.69) is 4.98 Å². The third kappa shape index (κ3) is 4.29. The molecule has 0 radical (unpaired) electrons. The van der Waals surface area contributed by atoms with Crippen molar-refractivity contribution in [3.8, 4) is 0 Å². The molecule has 0 saturated carbocycles. The van der Waals surface area contributed by atoms with Gasteiger partial charge in [-0.3, -0.25) is 5.41 Å². The molecule has 1 heterocycles. The minimum Gasteiger partial charge on any atom is -0.382 e. The van der Waals surface area contributed by atoms with E-state index in [-0.39, 0.29) is 18.1 Å². The highest BCUT2D eigenvalue weighted by molar-refractivity contribution is 5.93. The van der Waals surface area contributed by atoms with Crippen molar-refractivity contribution in [1.82, 2.24) is 4.98 Å². The summed E-state index contributed by atoms with van der Waals surface area (Å²) in [4.78, 5) is 5.36. The van der Waals surface area contributed by atoms with Crippen LogP contribution in [-0.2, 0) is 0 Å². The highest BCUT2D eigenvalue weighted by atomic mass is 19.4. The van der Waals surface area contributed by atoms with Gasteiger partial charge in [0.05, 0.1) is 6.42 Å². The maximum Gasteiger partial charge on any atom is 0.390 e. The molecule has 0 saturated heterocycles. The molecule has 0 aliphatic carbocycles. The van der Waals surface area contributed by atoms with Gasteiger partial charge in [-0.15, -0.1) is 0 Å². The van der Waals surface area contributed by atoms with E-state index in [9.17, 15) is 13.2 Å². The van der Waals surface area contributed by atoms with Crippen molar-refractivity contribution in [3.05, 3.63) is 23.9 Å². The molecule has 7 heteroatoms. The van der Waals surface area contributed by atoms with Gasteiger partial charge in [0.2, 0.25) is 0 Å². The lowest BCUT2D eigenvalue weighted by molar-refractivity contribution is -0.132. The third-order valence-corrected chi connectivity index (χ3v) is 2.13. The number of halogens is 3. The number of hydrogen-bond acceptors (Lipinski definition) is 3. The van der Waals surface area contributed by atoms with Gasteiger partial charge in [-0.25, -0.2) is 4.98 Å². The Morgan fingerprint density at radius 3 is 2.65 bits per heavy atom.